The molecule has 8 heteroatoms. The Hall–Kier alpha value is -2.74. The van der Waals surface area contributed by atoms with Gasteiger partial charge in [-0.25, -0.2) is 9.37 Å². The minimum absolute atomic E-state index is 0.254. The average Bonchev–Trinajstić information content (AvgIpc) is 3.16. The van der Waals surface area contributed by atoms with Crippen LogP contribution in [0.25, 0.3) is 10.2 Å². The number of anilines is 2. The van der Waals surface area contributed by atoms with E-state index in [1.54, 1.807) is 23.5 Å². The van der Waals surface area contributed by atoms with Crippen LogP contribution in [-0.4, -0.2) is 34.1 Å². The van der Waals surface area contributed by atoms with Crippen LogP contribution in [0.5, 0.6) is 0 Å². The van der Waals surface area contributed by atoms with Crippen molar-refractivity contribution in [2.75, 3.05) is 23.3 Å². The van der Waals surface area contributed by atoms with Gasteiger partial charge in [0, 0.05) is 24.5 Å². The number of hydrogen-bond acceptors (Lipinski definition) is 6. The number of carbonyl (C=O) groups is 1. The standard InChI is InChI=1S/C21H23FN4O2S/c1-2-16-11-17-18(23-12-13-3-5-15(22)6-4-13)24-21(25-19(17)29-16)26-9-7-14(8-10-26)20(27)28/h3-6,11,14H,2,7-10,12H2,1H3,(H,27,28)(H,23,24,25). The number of thiophene rings is 1. The zero-order valence-corrected chi connectivity index (χ0v) is 17.0. The third-order valence-electron chi connectivity index (χ3n) is 5.28. The molecule has 1 aromatic carbocycles. The number of piperidine rings is 1. The normalized spacial score (nSPS) is 15.0. The van der Waals surface area contributed by atoms with E-state index in [1.807, 2.05) is 0 Å². The largest absolute Gasteiger partial charge is 0.481 e. The third-order valence-corrected chi connectivity index (χ3v) is 6.45. The predicted octanol–water partition coefficient (Wildman–Crippen LogP) is 4.31. The lowest BCUT2D eigenvalue weighted by Crippen LogP contribution is -2.37. The lowest BCUT2D eigenvalue weighted by molar-refractivity contribution is -0.142. The Labute approximate surface area is 172 Å². The molecule has 0 unspecified atom stereocenters. The highest BCUT2D eigenvalue weighted by Crippen LogP contribution is 2.32. The molecule has 3 heterocycles. The number of nitrogens with zero attached hydrogens (tertiary/aromatic N) is 3. The molecule has 0 bridgehead atoms. The van der Waals surface area contributed by atoms with Crippen molar-refractivity contribution in [1.82, 2.24) is 9.97 Å². The second kappa shape index (κ2) is 8.32. The topological polar surface area (TPSA) is 78.4 Å². The van der Waals surface area contributed by atoms with Crippen molar-refractivity contribution >= 4 is 39.3 Å². The monoisotopic (exact) mass is 414 g/mol. The van der Waals surface area contributed by atoms with Gasteiger partial charge in [0.05, 0.1) is 11.3 Å². The van der Waals surface area contributed by atoms with Crippen LogP contribution in [0.1, 0.15) is 30.2 Å². The Kier molecular flexibility index (Phi) is 5.62. The molecular formula is C21H23FN4O2S. The van der Waals surface area contributed by atoms with Crippen LogP contribution in [0.3, 0.4) is 0 Å². The molecule has 0 amide bonds. The second-order valence-electron chi connectivity index (χ2n) is 7.24. The Morgan fingerprint density at radius 3 is 2.66 bits per heavy atom. The van der Waals surface area contributed by atoms with Crippen LogP contribution in [0, 0.1) is 11.7 Å². The van der Waals surface area contributed by atoms with Crippen molar-refractivity contribution in [2.45, 2.75) is 32.7 Å². The van der Waals surface area contributed by atoms with Crippen LogP contribution in [-0.2, 0) is 17.8 Å². The van der Waals surface area contributed by atoms with Crippen LogP contribution < -0.4 is 10.2 Å². The van der Waals surface area contributed by atoms with Crippen molar-refractivity contribution in [3.63, 3.8) is 0 Å². The molecule has 3 aromatic rings. The van der Waals surface area contributed by atoms with Gasteiger partial charge in [0.15, 0.2) is 0 Å². The lowest BCUT2D eigenvalue weighted by Gasteiger charge is -2.30. The van der Waals surface area contributed by atoms with Crippen molar-refractivity contribution in [3.8, 4) is 0 Å². The Balaban J connectivity index is 1.60. The first-order valence-corrected chi connectivity index (χ1v) is 10.6. The van der Waals surface area contributed by atoms with E-state index in [2.05, 4.69) is 23.2 Å². The molecule has 29 heavy (non-hydrogen) atoms. The highest BCUT2D eigenvalue weighted by Gasteiger charge is 2.26. The van der Waals surface area contributed by atoms with Gasteiger partial charge in [-0.15, -0.1) is 11.3 Å². The quantitative estimate of drug-likeness (QED) is 0.626. The maximum atomic E-state index is 13.2. The van der Waals surface area contributed by atoms with Crippen LogP contribution in [0.4, 0.5) is 16.2 Å². The molecule has 0 spiro atoms. The number of carboxylic acids is 1. The van der Waals surface area contributed by atoms with E-state index >= 15 is 0 Å². The maximum absolute atomic E-state index is 13.2. The Morgan fingerprint density at radius 2 is 2.00 bits per heavy atom. The Bertz CT molecular complexity index is 1010. The predicted molar refractivity (Wildman–Crippen MR) is 113 cm³/mol. The summed E-state index contributed by atoms with van der Waals surface area (Å²) < 4.78 is 13.2. The third kappa shape index (κ3) is 4.32. The number of aromatic nitrogens is 2. The van der Waals surface area contributed by atoms with Crippen molar-refractivity contribution in [3.05, 3.63) is 46.6 Å². The summed E-state index contributed by atoms with van der Waals surface area (Å²) >= 11 is 1.66. The van der Waals surface area contributed by atoms with E-state index in [0.717, 1.165) is 28.0 Å². The van der Waals surface area contributed by atoms with Gasteiger partial charge >= 0.3 is 5.97 Å². The fourth-order valence-electron chi connectivity index (χ4n) is 3.52. The summed E-state index contributed by atoms with van der Waals surface area (Å²) in [5.74, 6) is 0.113. The molecule has 1 saturated heterocycles. The molecule has 2 N–H and O–H groups in total. The minimum atomic E-state index is -0.728. The summed E-state index contributed by atoms with van der Waals surface area (Å²) in [5.41, 5.74) is 0.966. The molecule has 0 aliphatic carbocycles. The number of benzene rings is 1. The number of rotatable bonds is 6. The van der Waals surface area contributed by atoms with E-state index < -0.39 is 5.97 Å². The van der Waals surface area contributed by atoms with E-state index in [-0.39, 0.29) is 11.7 Å². The first kappa shape index (κ1) is 19.6. The number of nitrogens with one attached hydrogen (secondary N) is 1. The van der Waals surface area contributed by atoms with Gasteiger partial charge in [-0.1, -0.05) is 19.1 Å². The smallest absolute Gasteiger partial charge is 0.306 e. The summed E-state index contributed by atoms with van der Waals surface area (Å²) in [6.07, 6.45) is 2.12. The molecule has 1 aliphatic rings. The fraction of sp³-hybridized carbons (Fsp3) is 0.381. The molecule has 1 fully saturated rings. The summed E-state index contributed by atoms with van der Waals surface area (Å²) in [6.45, 7) is 3.91. The number of fused-ring (bicyclic) bond motifs is 1. The van der Waals surface area contributed by atoms with Gasteiger partial charge in [-0.05, 0) is 43.0 Å². The summed E-state index contributed by atoms with van der Waals surface area (Å²) in [5, 5.41) is 13.6. The molecule has 0 radical (unpaired) electrons. The zero-order chi connectivity index (χ0) is 20.4. The van der Waals surface area contributed by atoms with Gasteiger partial charge in [0.1, 0.15) is 16.5 Å². The molecule has 6 nitrogen and oxygen atoms in total. The molecule has 0 atom stereocenters. The number of aliphatic carboxylic acids is 1. The van der Waals surface area contributed by atoms with Crippen LogP contribution in [0.15, 0.2) is 30.3 Å². The van der Waals surface area contributed by atoms with E-state index in [9.17, 15) is 14.3 Å². The van der Waals surface area contributed by atoms with Gasteiger partial charge in [0.25, 0.3) is 0 Å². The molecule has 152 valence electrons. The second-order valence-corrected chi connectivity index (χ2v) is 8.35. The maximum Gasteiger partial charge on any atom is 0.306 e. The first-order chi connectivity index (χ1) is 14.0. The Morgan fingerprint density at radius 1 is 1.28 bits per heavy atom. The lowest BCUT2D eigenvalue weighted by atomic mass is 9.97. The van der Waals surface area contributed by atoms with Gasteiger partial charge in [0.2, 0.25) is 5.95 Å². The summed E-state index contributed by atoms with van der Waals surface area (Å²) in [6, 6.07) is 8.52. The van der Waals surface area contributed by atoms with Crippen molar-refractivity contribution < 1.29 is 14.3 Å². The van der Waals surface area contributed by atoms with Gasteiger partial charge in [-0.3, -0.25) is 4.79 Å². The van der Waals surface area contributed by atoms with E-state index in [4.69, 9.17) is 9.97 Å². The average molecular weight is 415 g/mol. The van der Waals surface area contributed by atoms with E-state index in [0.29, 0.717) is 38.4 Å². The van der Waals surface area contributed by atoms with Crippen molar-refractivity contribution in [2.24, 2.45) is 5.92 Å². The summed E-state index contributed by atoms with van der Waals surface area (Å²) in [4.78, 5) is 25.0. The molecular weight excluding hydrogens is 391 g/mol. The molecule has 2 aromatic heterocycles. The highest BCUT2D eigenvalue weighted by molar-refractivity contribution is 7.18. The molecule has 1 aliphatic heterocycles. The molecule has 4 rings (SSSR count). The highest BCUT2D eigenvalue weighted by atomic mass is 32.1. The van der Waals surface area contributed by atoms with E-state index in [1.165, 1.54) is 17.0 Å². The molecule has 0 saturated carbocycles. The number of hydrogen-bond donors (Lipinski definition) is 2. The minimum Gasteiger partial charge on any atom is -0.481 e. The van der Waals surface area contributed by atoms with Gasteiger partial charge in [-0.2, -0.15) is 4.98 Å². The number of carboxylic acid groups (broad SMARTS) is 1. The number of aryl methyl sites for hydroxylation is 1. The van der Waals surface area contributed by atoms with Crippen molar-refractivity contribution in [1.29, 1.82) is 0 Å². The summed E-state index contributed by atoms with van der Waals surface area (Å²) in [7, 11) is 0. The number of halogens is 1. The van der Waals surface area contributed by atoms with Gasteiger partial charge < -0.3 is 15.3 Å². The SMILES string of the molecule is CCc1cc2c(NCc3ccc(F)cc3)nc(N3CCC(C(=O)O)CC3)nc2s1. The first-order valence-electron chi connectivity index (χ1n) is 9.80. The zero-order valence-electron chi connectivity index (χ0n) is 16.2. The fourth-order valence-corrected chi connectivity index (χ4v) is 4.49. The van der Waals surface area contributed by atoms with Crippen LogP contribution >= 0.6 is 11.3 Å². The van der Waals surface area contributed by atoms with Crippen LogP contribution in [0.2, 0.25) is 0 Å².